The lowest BCUT2D eigenvalue weighted by atomic mass is 10.1. The van der Waals surface area contributed by atoms with Gasteiger partial charge in [-0.1, -0.05) is 12.1 Å². The molecule has 2 aromatic rings. The van der Waals surface area contributed by atoms with Gasteiger partial charge in [-0.3, -0.25) is 9.59 Å². The highest BCUT2D eigenvalue weighted by molar-refractivity contribution is 8.00. The van der Waals surface area contributed by atoms with Gasteiger partial charge in [0.25, 0.3) is 0 Å². The Hall–Kier alpha value is -2.47. The Morgan fingerprint density at radius 3 is 2.33 bits per heavy atom. The third kappa shape index (κ3) is 5.50. The van der Waals surface area contributed by atoms with Gasteiger partial charge in [-0.05, 0) is 61.7 Å². The number of ether oxygens (including phenoxy) is 1. The quantitative estimate of drug-likeness (QED) is 0.672. The van der Waals surface area contributed by atoms with Crippen LogP contribution in [0.3, 0.4) is 0 Å². The number of hydrogen-bond donors (Lipinski definition) is 1. The molecule has 0 atom stereocenters. The van der Waals surface area contributed by atoms with Crippen molar-refractivity contribution in [2.75, 3.05) is 12.4 Å². The molecule has 0 bridgehead atoms. The van der Waals surface area contributed by atoms with Gasteiger partial charge in [0.2, 0.25) is 11.8 Å². The molecule has 5 nitrogen and oxygen atoms in total. The monoisotopic (exact) mass is 384 g/mol. The predicted molar refractivity (Wildman–Crippen MR) is 107 cm³/mol. The lowest BCUT2D eigenvalue weighted by molar-refractivity contribution is -0.129. The zero-order valence-electron chi connectivity index (χ0n) is 15.4. The maximum Gasteiger partial charge on any atom is 0.248 e. The molecule has 2 N–H and O–H groups in total. The number of rotatable bonds is 9. The highest BCUT2D eigenvalue weighted by Gasteiger charge is 2.32. The standard InChI is InChI=1S/C21H24N2O3S/c1-2-26-18-9-11-19(12-10-18)27-14-20(24)23(17-7-8-17)13-15-3-5-16(6-4-15)21(22)25/h3-6,9-12,17H,2,7-8,13-14H2,1H3,(H2,22,25). The average Bonchev–Trinajstić information content (AvgIpc) is 3.51. The fourth-order valence-corrected chi connectivity index (χ4v) is 3.59. The fourth-order valence-electron chi connectivity index (χ4n) is 2.80. The fraction of sp³-hybridized carbons (Fsp3) is 0.333. The molecule has 1 aliphatic carbocycles. The molecule has 142 valence electrons. The van der Waals surface area contributed by atoms with Crippen LogP contribution in [0.5, 0.6) is 5.75 Å². The van der Waals surface area contributed by atoms with Gasteiger partial charge in [0.15, 0.2) is 0 Å². The van der Waals surface area contributed by atoms with Crippen LogP contribution in [0.15, 0.2) is 53.4 Å². The third-order valence-electron chi connectivity index (χ3n) is 4.40. The number of nitrogens with two attached hydrogens (primary N) is 1. The second kappa shape index (κ2) is 8.95. The summed E-state index contributed by atoms with van der Waals surface area (Å²) >= 11 is 1.54. The van der Waals surface area contributed by atoms with Crippen molar-refractivity contribution < 1.29 is 14.3 Å². The molecular weight excluding hydrogens is 360 g/mol. The summed E-state index contributed by atoms with van der Waals surface area (Å²) in [4.78, 5) is 26.9. The van der Waals surface area contributed by atoms with Gasteiger partial charge in [-0.25, -0.2) is 0 Å². The van der Waals surface area contributed by atoms with E-state index in [1.54, 1.807) is 12.1 Å². The SMILES string of the molecule is CCOc1ccc(SCC(=O)N(Cc2ccc(C(N)=O)cc2)C2CC2)cc1. The van der Waals surface area contributed by atoms with Gasteiger partial charge in [0.1, 0.15) is 5.75 Å². The summed E-state index contributed by atoms with van der Waals surface area (Å²) in [6.45, 7) is 3.16. The van der Waals surface area contributed by atoms with Crippen LogP contribution >= 0.6 is 11.8 Å². The molecule has 0 radical (unpaired) electrons. The predicted octanol–water partition coefficient (Wildman–Crippen LogP) is 3.47. The number of thioether (sulfide) groups is 1. The van der Waals surface area contributed by atoms with Crippen molar-refractivity contribution in [1.82, 2.24) is 4.90 Å². The van der Waals surface area contributed by atoms with Gasteiger partial charge in [0.05, 0.1) is 12.4 Å². The normalized spacial score (nSPS) is 13.2. The van der Waals surface area contributed by atoms with E-state index in [2.05, 4.69) is 0 Å². The topological polar surface area (TPSA) is 72.6 Å². The molecule has 0 heterocycles. The summed E-state index contributed by atoms with van der Waals surface area (Å²) in [6.07, 6.45) is 2.11. The second-order valence-electron chi connectivity index (χ2n) is 6.51. The van der Waals surface area contributed by atoms with Crippen molar-refractivity contribution in [3.63, 3.8) is 0 Å². The second-order valence-corrected chi connectivity index (χ2v) is 7.56. The Kier molecular flexibility index (Phi) is 6.40. The molecule has 1 aliphatic rings. The molecule has 3 rings (SSSR count). The summed E-state index contributed by atoms with van der Waals surface area (Å²) in [5, 5.41) is 0. The Balaban J connectivity index is 1.57. The van der Waals surface area contributed by atoms with E-state index in [0.717, 1.165) is 29.1 Å². The Labute approximate surface area is 163 Å². The van der Waals surface area contributed by atoms with Gasteiger partial charge >= 0.3 is 0 Å². The van der Waals surface area contributed by atoms with Crippen molar-refractivity contribution in [1.29, 1.82) is 0 Å². The molecule has 1 fully saturated rings. The molecular formula is C21H24N2O3S. The van der Waals surface area contributed by atoms with E-state index in [9.17, 15) is 9.59 Å². The lowest BCUT2D eigenvalue weighted by Gasteiger charge is -2.22. The van der Waals surface area contributed by atoms with E-state index in [1.807, 2.05) is 48.2 Å². The van der Waals surface area contributed by atoms with Gasteiger partial charge < -0.3 is 15.4 Å². The molecule has 0 saturated heterocycles. The Morgan fingerprint density at radius 1 is 1.11 bits per heavy atom. The number of carbonyl (C=O) groups is 2. The van der Waals surface area contributed by atoms with Crippen molar-refractivity contribution in [2.24, 2.45) is 5.73 Å². The molecule has 0 unspecified atom stereocenters. The first-order chi connectivity index (χ1) is 13.1. The summed E-state index contributed by atoms with van der Waals surface area (Å²) in [5.74, 6) is 0.940. The number of nitrogens with zero attached hydrogens (tertiary/aromatic N) is 1. The Morgan fingerprint density at radius 2 is 1.78 bits per heavy atom. The van der Waals surface area contributed by atoms with Crippen LogP contribution in [0, 0.1) is 0 Å². The van der Waals surface area contributed by atoms with E-state index >= 15 is 0 Å². The van der Waals surface area contributed by atoms with Crippen LogP contribution in [0.1, 0.15) is 35.7 Å². The third-order valence-corrected chi connectivity index (χ3v) is 5.39. The average molecular weight is 385 g/mol. The summed E-state index contributed by atoms with van der Waals surface area (Å²) in [7, 11) is 0. The maximum absolute atomic E-state index is 12.8. The minimum Gasteiger partial charge on any atom is -0.494 e. The molecule has 1 saturated carbocycles. The number of benzene rings is 2. The lowest BCUT2D eigenvalue weighted by Crippen LogP contribution is -2.34. The molecule has 0 aliphatic heterocycles. The zero-order valence-corrected chi connectivity index (χ0v) is 16.2. The summed E-state index contributed by atoms with van der Waals surface area (Å²) in [5.41, 5.74) is 6.76. The van der Waals surface area contributed by atoms with Crippen molar-refractivity contribution in [2.45, 2.75) is 37.2 Å². The van der Waals surface area contributed by atoms with Crippen LogP contribution < -0.4 is 10.5 Å². The first kappa shape index (κ1) is 19.3. The van der Waals surface area contributed by atoms with Crippen LogP contribution in [-0.4, -0.2) is 35.1 Å². The number of primary amides is 1. The zero-order chi connectivity index (χ0) is 19.2. The minimum absolute atomic E-state index is 0.135. The van der Waals surface area contributed by atoms with Crippen LogP contribution in [0.2, 0.25) is 0 Å². The van der Waals surface area contributed by atoms with Crippen molar-refractivity contribution in [3.05, 3.63) is 59.7 Å². The maximum atomic E-state index is 12.8. The number of carbonyl (C=O) groups excluding carboxylic acids is 2. The molecule has 0 aromatic heterocycles. The van der Waals surface area contributed by atoms with Crippen molar-refractivity contribution in [3.8, 4) is 5.75 Å². The van der Waals surface area contributed by atoms with Gasteiger partial charge in [0, 0.05) is 23.0 Å². The highest BCUT2D eigenvalue weighted by Crippen LogP contribution is 2.30. The largest absolute Gasteiger partial charge is 0.494 e. The van der Waals surface area contributed by atoms with Crippen LogP contribution in [0.4, 0.5) is 0 Å². The first-order valence-corrected chi connectivity index (χ1v) is 10.1. The van der Waals surface area contributed by atoms with Crippen molar-refractivity contribution >= 4 is 23.6 Å². The van der Waals surface area contributed by atoms with Crippen LogP contribution in [0.25, 0.3) is 0 Å². The minimum atomic E-state index is -0.441. The van der Waals surface area contributed by atoms with Crippen LogP contribution in [-0.2, 0) is 11.3 Å². The number of hydrogen-bond acceptors (Lipinski definition) is 4. The van der Waals surface area contributed by atoms with E-state index in [0.29, 0.717) is 30.5 Å². The molecule has 0 spiro atoms. The van der Waals surface area contributed by atoms with E-state index in [-0.39, 0.29) is 5.91 Å². The smallest absolute Gasteiger partial charge is 0.248 e. The molecule has 2 amide bonds. The summed E-state index contributed by atoms with van der Waals surface area (Å²) < 4.78 is 5.44. The number of amides is 2. The molecule has 27 heavy (non-hydrogen) atoms. The van der Waals surface area contributed by atoms with E-state index < -0.39 is 5.91 Å². The van der Waals surface area contributed by atoms with E-state index in [1.165, 1.54) is 11.8 Å². The van der Waals surface area contributed by atoms with Gasteiger partial charge in [-0.15, -0.1) is 11.8 Å². The first-order valence-electron chi connectivity index (χ1n) is 9.10. The summed E-state index contributed by atoms with van der Waals surface area (Å²) in [6, 6.07) is 15.3. The van der Waals surface area contributed by atoms with Gasteiger partial charge in [-0.2, -0.15) is 0 Å². The van der Waals surface area contributed by atoms with E-state index in [4.69, 9.17) is 10.5 Å². The molecule has 6 heteroatoms. The molecule has 2 aromatic carbocycles. The Bertz CT molecular complexity index is 786. The highest BCUT2D eigenvalue weighted by atomic mass is 32.2.